The van der Waals surface area contributed by atoms with Gasteiger partial charge in [0, 0.05) is 16.0 Å². The topological polar surface area (TPSA) is 63.2 Å². The number of Topliss-reactive ketones (excluding diaryl/α,β-unsaturated/α-hetero) is 2. The van der Waals surface area contributed by atoms with E-state index in [2.05, 4.69) is 5.32 Å². The van der Waals surface area contributed by atoms with E-state index in [1.54, 1.807) is 20.8 Å². The lowest BCUT2D eigenvalue weighted by Crippen LogP contribution is -2.47. The van der Waals surface area contributed by atoms with Crippen molar-refractivity contribution in [1.82, 2.24) is 0 Å². The van der Waals surface area contributed by atoms with Crippen LogP contribution in [-0.2, 0) is 14.4 Å². The van der Waals surface area contributed by atoms with Crippen molar-refractivity contribution in [3.05, 3.63) is 24.3 Å². The Morgan fingerprint density at radius 1 is 1.08 bits per heavy atom. The van der Waals surface area contributed by atoms with Gasteiger partial charge in [0.1, 0.15) is 5.41 Å². The molecule has 25 heavy (non-hydrogen) atoms. The Kier molecular flexibility index (Phi) is 4.06. The number of nitrogens with one attached hydrogen (secondary N) is 1. The molecule has 2 aliphatic rings. The highest BCUT2D eigenvalue weighted by Crippen LogP contribution is 2.69. The van der Waals surface area contributed by atoms with Crippen LogP contribution in [0.5, 0.6) is 0 Å². The third kappa shape index (κ3) is 2.28. The van der Waals surface area contributed by atoms with Crippen LogP contribution in [0.4, 0.5) is 14.5 Å². The summed E-state index contributed by atoms with van der Waals surface area (Å²) in [5.41, 5.74) is -2.55. The molecule has 0 aliphatic heterocycles. The van der Waals surface area contributed by atoms with Gasteiger partial charge in [-0.1, -0.05) is 32.5 Å². The molecule has 2 aliphatic carbocycles. The smallest absolute Gasteiger partial charge is 0.288 e. The number of hydrogen-bond acceptors (Lipinski definition) is 4. The molecule has 0 saturated heterocycles. The van der Waals surface area contributed by atoms with E-state index in [-0.39, 0.29) is 0 Å². The molecular formula is C18H19F2NO3S. The van der Waals surface area contributed by atoms with Crippen molar-refractivity contribution >= 4 is 34.9 Å². The molecule has 0 unspecified atom stereocenters. The van der Waals surface area contributed by atoms with Gasteiger partial charge in [-0.2, -0.15) is 8.78 Å². The van der Waals surface area contributed by atoms with Crippen molar-refractivity contribution in [2.75, 3.05) is 5.32 Å². The van der Waals surface area contributed by atoms with E-state index in [0.717, 1.165) is 0 Å². The number of halogens is 2. The molecule has 2 saturated carbocycles. The van der Waals surface area contributed by atoms with Gasteiger partial charge in [-0.25, -0.2) is 0 Å². The summed E-state index contributed by atoms with van der Waals surface area (Å²) in [4.78, 5) is 38.4. The van der Waals surface area contributed by atoms with Gasteiger partial charge >= 0.3 is 0 Å². The molecule has 2 bridgehead atoms. The Bertz CT molecular complexity index is 762. The number of hydrogen-bond donors (Lipinski definition) is 1. The lowest BCUT2D eigenvalue weighted by Gasteiger charge is -2.37. The molecule has 1 amide bonds. The molecule has 7 heteroatoms. The summed E-state index contributed by atoms with van der Waals surface area (Å²) in [6.45, 7) is 5.35. The number of benzene rings is 1. The fraction of sp³-hybridized carbons (Fsp3) is 0.500. The van der Waals surface area contributed by atoms with Crippen LogP contribution in [0.25, 0.3) is 0 Å². The molecule has 1 aromatic rings. The average molecular weight is 367 g/mol. The van der Waals surface area contributed by atoms with Crippen molar-refractivity contribution in [1.29, 1.82) is 0 Å². The van der Waals surface area contributed by atoms with Crippen LogP contribution in [0.3, 0.4) is 0 Å². The second-order valence-corrected chi connectivity index (χ2v) is 8.44. The summed E-state index contributed by atoms with van der Waals surface area (Å²) in [5.74, 6) is -4.10. The third-order valence-corrected chi connectivity index (χ3v) is 6.99. The van der Waals surface area contributed by atoms with Crippen LogP contribution in [0.15, 0.2) is 29.2 Å². The number of alkyl halides is 2. The lowest BCUT2D eigenvalue weighted by atomic mass is 9.64. The zero-order chi connectivity index (χ0) is 18.6. The zero-order valence-corrected chi connectivity index (χ0v) is 15.0. The molecule has 0 heterocycles. The minimum absolute atomic E-state index is 0.340. The number of carbonyl (C=O) groups excluding carboxylic acids is 3. The number of ketones is 2. The standard InChI is InChI=1S/C18H19F2NO3S/c1-16(2)17(3)8-9-18(16,13(23)12(17)22)14(24)21-10-4-6-11(7-5-10)25-15(19)20/h4-7,15H,8-9H2,1-3H3,(H,21,24)/t17-,18-/m1/s1. The maximum absolute atomic E-state index is 13.0. The number of carbonyl (C=O) groups is 3. The highest BCUT2D eigenvalue weighted by atomic mass is 32.2. The fourth-order valence-electron chi connectivity index (χ4n) is 4.23. The number of anilines is 1. The summed E-state index contributed by atoms with van der Waals surface area (Å²) >= 11 is 0.417. The summed E-state index contributed by atoms with van der Waals surface area (Å²) in [6, 6.07) is 5.99. The Labute approximate surface area is 148 Å². The molecule has 3 rings (SSSR count). The van der Waals surface area contributed by atoms with Gasteiger partial charge in [0.2, 0.25) is 17.5 Å². The van der Waals surface area contributed by atoms with Gasteiger partial charge in [-0.15, -0.1) is 0 Å². The van der Waals surface area contributed by atoms with Gasteiger partial charge in [0.25, 0.3) is 5.76 Å². The van der Waals surface area contributed by atoms with E-state index < -0.39 is 39.5 Å². The van der Waals surface area contributed by atoms with Gasteiger partial charge in [-0.3, -0.25) is 14.4 Å². The summed E-state index contributed by atoms with van der Waals surface area (Å²) < 4.78 is 24.7. The molecule has 1 aromatic carbocycles. The van der Waals surface area contributed by atoms with Crippen LogP contribution in [0, 0.1) is 16.2 Å². The van der Waals surface area contributed by atoms with Crippen LogP contribution in [0.2, 0.25) is 0 Å². The Morgan fingerprint density at radius 3 is 2.16 bits per heavy atom. The highest BCUT2D eigenvalue weighted by Gasteiger charge is 2.77. The summed E-state index contributed by atoms with van der Waals surface area (Å²) in [6.07, 6.45) is 0.841. The predicted octanol–water partition coefficient (Wildman–Crippen LogP) is 3.90. The molecule has 0 radical (unpaired) electrons. The number of thioether (sulfide) groups is 1. The first kappa shape index (κ1) is 18.0. The average Bonchev–Trinajstić information content (AvgIpc) is 2.81. The number of fused-ring (bicyclic) bond motifs is 2. The van der Waals surface area contributed by atoms with Gasteiger partial charge in [-0.05, 0) is 42.5 Å². The van der Waals surface area contributed by atoms with E-state index in [1.165, 1.54) is 24.3 Å². The molecule has 2 atom stereocenters. The van der Waals surface area contributed by atoms with Crippen molar-refractivity contribution in [3.63, 3.8) is 0 Å². The summed E-state index contributed by atoms with van der Waals surface area (Å²) in [5, 5.41) is 2.70. The minimum atomic E-state index is -2.52. The zero-order valence-electron chi connectivity index (χ0n) is 14.2. The molecule has 0 spiro atoms. The van der Waals surface area contributed by atoms with Crippen molar-refractivity contribution in [2.24, 2.45) is 16.2 Å². The summed E-state index contributed by atoms with van der Waals surface area (Å²) in [7, 11) is 0. The number of amides is 1. The second kappa shape index (κ2) is 5.62. The molecule has 134 valence electrons. The molecular weight excluding hydrogens is 348 g/mol. The quantitative estimate of drug-likeness (QED) is 0.498. The Hall–Kier alpha value is -1.76. The number of rotatable bonds is 4. The SMILES string of the molecule is CC1(C)[C@]2(C(=O)Nc3ccc(SC(F)F)cc3)CC[C@]1(C)C(=O)C2=O. The van der Waals surface area contributed by atoms with E-state index in [9.17, 15) is 23.2 Å². The van der Waals surface area contributed by atoms with Crippen LogP contribution in [-0.4, -0.2) is 23.2 Å². The Morgan fingerprint density at radius 2 is 1.68 bits per heavy atom. The predicted molar refractivity (Wildman–Crippen MR) is 90.5 cm³/mol. The lowest BCUT2D eigenvalue weighted by molar-refractivity contribution is -0.147. The maximum atomic E-state index is 13.0. The first-order chi connectivity index (χ1) is 11.6. The third-order valence-electron chi connectivity index (χ3n) is 6.27. The molecule has 2 fully saturated rings. The van der Waals surface area contributed by atoms with E-state index >= 15 is 0 Å². The minimum Gasteiger partial charge on any atom is -0.325 e. The van der Waals surface area contributed by atoms with Crippen LogP contribution >= 0.6 is 11.8 Å². The van der Waals surface area contributed by atoms with Crippen molar-refractivity contribution < 1.29 is 23.2 Å². The largest absolute Gasteiger partial charge is 0.325 e. The Balaban J connectivity index is 1.86. The van der Waals surface area contributed by atoms with Crippen molar-refractivity contribution in [3.8, 4) is 0 Å². The van der Waals surface area contributed by atoms with E-state index in [0.29, 0.717) is 35.2 Å². The first-order valence-electron chi connectivity index (χ1n) is 8.02. The van der Waals surface area contributed by atoms with Gasteiger partial charge in [0.05, 0.1) is 0 Å². The second-order valence-electron chi connectivity index (χ2n) is 7.38. The van der Waals surface area contributed by atoms with E-state index in [1.807, 2.05) is 0 Å². The monoisotopic (exact) mass is 367 g/mol. The van der Waals surface area contributed by atoms with Crippen LogP contribution in [0.1, 0.15) is 33.6 Å². The normalized spacial score (nSPS) is 30.2. The van der Waals surface area contributed by atoms with Gasteiger partial charge < -0.3 is 5.32 Å². The molecule has 0 aromatic heterocycles. The highest BCUT2D eigenvalue weighted by molar-refractivity contribution is 7.99. The molecule has 4 nitrogen and oxygen atoms in total. The van der Waals surface area contributed by atoms with Crippen LogP contribution < -0.4 is 5.32 Å². The van der Waals surface area contributed by atoms with E-state index in [4.69, 9.17) is 0 Å². The first-order valence-corrected chi connectivity index (χ1v) is 8.90. The van der Waals surface area contributed by atoms with Crippen molar-refractivity contribution in [2.45, 2.75) is 44.3 Å². The maximum Gasteiger partial charge on any atom is 0.288 e. The fourth-order valence-corrected chi connectivity index (χ4v) is 4.73. The molecule has 1 N–H and O–H groups in total. The van der Waals surface area contributed by atoms with Gasteiger partial charge in [0.15, 0.2) is 0 Å².